The Bertz CT molecular complexity index is 977. The standard InChI is InChI=1S/C45H79NO8/c1-4-6-8-10-12-14-16-18-20-22-24-26-28-30-32-34-43(47)52-40-42(41-53-45(49)46-36-37-51-39-38-50-3)54-44(48)35-33-31-29-27-25-23-21-19-17-15-13-11-9-7-5-2/h12-15,18-21,42H,4-11,16-17,22-41H2,1-3H3,(H,46,49)/b14-12-,15-13-,20-18-,21-19-. The van der Waals surface area contributed by atoms with Crippen molar-refractivity contribution in [3.63, 3.8) is 0 Å². The highest BCUT2D eigenvalue weighted by Crippen LogP contribution is 2.12. The Balaban J connectivity index is 4.33. The highest BCUT2D eigenvalue weighted by molar-refractivity contribution is 5.70. The zero-order chi connectivity index (χ0) is 39.4. The lowest BCUT2D eigenvalue weighted by Crippen LogP contribution is -2.34. The molecule has 0 fully saturated rings. The van der Waals surface area contributed by atoms with Gasteiger partial charge in [0.25, 0.3) is 0 Å². The Morgan fingerprint density at radius 2 is 0.981 bits per heavy atom. The molecule has 0 aliphatic rings. The maximum atomic E-state index is 12.6. The molecule has 0 saturated carbocycles. The highest BCUT2D eigenvalue weighted by atomic mass is 16.6. The minimum atomic E-state index is -0.868. The second-order valence-electron chi connectivity index (χ2n) is 13.9. The lowest BCUT2D eigenvalue weighted by molar-refractivity contribution is -0.161. The van der Waals surface area contributed by atoms with Crippen LogP contribution in [0.3, 0.4) is 0 Å². The van der Waals surface area contributed by atoms with E-state index in [1.54, 1.807) is 7.11 Å². The van der Waals surface area contributed by atoms with Crippen molar-refractivity contribution in [1.29, 1.82) is 0 Å². The van der Waals surface area contributed by atoms with Crippen LogP contribution >= 0.6 is 0 Å². The molecule has 0 spiro atoms. The molecule has 0 aliphatic carbocycles. The van der Waals surface area contributed by atoms with Crippen LogP contribution in [0.25, 0.3) is 0 Å². The number of carbonyl (C=O) groups excluding carboxylic acids is 3. The molecule has 1 unspecified atom stereocenters. The van der Waals surface area contributed by atoms with Gasteiger partial charge in [-0.05, 0) is 77.0 Å². The molecule has 54 heavy (non-hydrogen) atoms. The number of methoxy groups -OCH3 is 1. The van der Waals surface area contributed by atoms with Crippen molar-refractivity contribution in [2.45, 2.75) is 174 Å². The summed E-state index contributed by atoms with van der Waals surface area (Å²) >= 11 is 0. The number of alkyl carbamates (subject to hydrolysis) is 1. The van der Waals surface area contributed by atoms with Crippen molar-refractivity contribution in [3.8, 4) is 0 Å². The molecule has 0 heterocycles. The van der Waals surface area contributed by atoms with E-state index in [2.05, 4.69) is 67.8 Å². The molecule has 9 heteroatoms. The first-order valence-corrected chi connectivity index (χ1v) is 21.5. The number of rotatable bonds is 39. The third kappa shape index (κ3) is 40.3. The summed E-state index contributed by atoms with van der Waals surface area (Å²) in [6.45, 7) is 5.58. The van der Waals surface area contributed by atoms with Gasteiger partial charge in [-0.15, -0.1) is 0 Å². The van der Waals surface area contributed by atoms with Crippen LogP contribution in [0.1, 0.15) is 168 Å². The van der Waals surface area contributed by atoms with E-state index in [0.717, 1.165) is 89.9 Å². The summed E-state index contributed by atoms with van der Waals surface area (Å²) in [5.74, 6) is -0.723. The van der Waals surface area contributed by atoms with Gasteiger partial charge in [-0.3, -0.25) is 9.59 Å². The number of hydrogen-bond acceptors (Lipinski definition) is 8. The molecule has 0 bridgehead atoms. The highest BCUT2D eigenvalue weighted by Gasteiger charge is 2.19. The summed E-state index contributed by atoms with van der Waals surface area (Å²) in [4.78, 5) is 37.3. The van der Waals surface area contributed by atoms with Gasteiger partial charge < -0.3 is 29.0 Å². The van der Waals surface area contributed by atoms with Gasteiger partial charge in [-0.2, -0.15) is 0 Å². The minimum absolute atomic E-state index is 0.152. The third-order valence-electron chi connectivity index (χ3n) is 8.74. The zero-order valence-corrected chi connectivity index (χ0v) is 34.7. The van der Waals surface area contributed by atoms with Gasteiger partial charge in [-0.1, -0.05) is 127 Å². The summed E-state index contributed by atoms with van der Waals surface area (Å²) in [6, 6.07) is 0. The summed E-state index contributed by atoms with van der Waals surface area (Å²) in [5.41, 5.74) is 0. The molecular formula is C45H79NO8. The second kappa shape index (κ2) is 42.8. The topological polar surface area (TPSA) is 109 Å². The Morgan fingerprint density at radius 3 is 1.50 bits per heavy atom. The van der Waals surface area contributed by atoms with Crippen molar-refractivity contribution >= 4 is 18.0 Å². The van der Waals surface area contributed by atoms with Gasteiger partial charge in [0, 0.05) is 26.5 Å². The molecule has 0 radical (unpaired) electrons. The first-order valence-electron chi connectivity index (χ1n) is 21.5. The monoisotopic (exact) mass is 762 g/mol. The van der Waals surface area contributed by atoms with Crippen molar-refractivity contribution < 1.29 is 38.1 Å². The lowest BCUT2D eigenvalue weighted by atomic mass is 10.1. The number of unbranched alkanes of at least 4 members (excludes halogenated alkanes) is 16. The predicted octanol–water partition coefficient (Wildman–Crippen LogP) is 11.5. The number of ether oxygens (including phenoxy) is 5. The fourth-order valence-electron chi connectivity index (χ4n) is 5.47. The summed E-state index contributed by atoms with van der Waals surface area (Å²) < 4.78 is 26.6. The van der Waals surface area contributed by atoms with Crippen molar-refractivity contribution in [2.75, 3.05) is 46.7 Å². The Morgan fingerprint density at radius 1 is 0.519 bits per heavy atom. The summed E-state index contributed by atoms with van der Waals surface area (Å²) in [7, 11) is 1.59. The molecule has 0 aromatic rings. The van der Waals surface area contributed by atoms with E-state index >= 15 is 0 Å². The van der Waals surface area contributed by atoms with Crippen LogP contribution < -0.4 is 5.32 Å². The second-order valence-corrected chi connectivity index (χ2v) is 13.9. The van der Waals surface area contributed by atoms with Crippen LogP contribution in [0.4, 0.5) is 4.79 Å². The fraction of sp³-hybridized carbons (Fsp3) is 0.756. The minimum Gasteiger partial charge on any atom is -0.462 e. The van der Waals surface area contributed by atoms with E-state index in [4.69, 9.17) is 23.7 Å². The number of esters is 2. The van der Waals surface area contributed by atoms with Crippen LogP contribution in [-0.2, 0) is 33.3 Å². The average molecular weight is 762 g/mol. The molecule has 1 amide bonds. The SMILES string of the molecule is CCCCC/C=C\C/C=C\CCCCCCCC(=O)OCC(COC(=O)NCCOCCOC)OC(=O)CCCCCCC/C=C\C/C=C\CCCCC. The molecule has 312 valence electrons. The fourth-order valence-corrected chi connectivity index (χ4v) is 5.47. The normalized spacial score (nSPS) is 12.4. The molecule has 0 aliphatic heterocycles. The average Bonchev–Trinajstić information content (AvgIpc) is 3.17. The zero-order valence-electron chi connectivity index (χ0n) is 34.7. The number of amides is 1. The first-order chi connectivity index (χ1) is 26.5. The third-order valence-corrected chi connectivity index (χ3v) is 8.74. The Hall–Kier alpha value is -2.91. The first kappa shape index (κ1) is 51.1. The molecule has 1 N–H and O–H groups in total. The summed E-state index contributed by atoms with van der Waals surface area (Å²) in [5, 5.41) is 2.60. The number of allylic oxidation sites excluding steroid dienone is 8. The van der Waals surface area contributed by atoms with Crippen molar-refractivity contribution in [2.24, 2.45) is 0 Å². The maximum Gasteiger partial charge on any atom is 0.407 e. The van der Waals surface area contributed by atoms with Crippen molar-refractivity contribution in [1.82, 2.24) is 5.32 Å². The summed E-state index contributed by atoms with van der Waals surface area (Å²) in [6.07, 6.45) is 41.5. The smallest absolute Gasteiger partial charge is 0.407 e. The largest absolute Gasteiger partial charge is 0.462 e. The molecule has 0 aromatic heterocycles. The van der Waals surface area contributed by atoms with Crippen LogP contribution in [-0.4, -0.2) is 70.8 Å². The number of hydrogen-bond donors (Lipinski definition) is 1. The molecule has 0 saturated heterocycles. The van der Waals surface area contributed by atoms with Crippen LogP contribution in [0.2, 0.25) is 0 Å². The lowest BCUT2D eigenvalue weighted by Gasteiger charge is -2.18. The molecular weight excluding hydrogens is 682 g/mol. The van der Waals surface area contributed by atoms with E-state index in [1.807, 2.05) is 0 Å². The van der Waals surface area contributed by atoms with Crippen LogP contribution in [0, 0.1) is 0 Å². The Kier molecular flexibility index (Phi) is 40.5. The van der Waals surface area contributed by atoms with Gasteiger partial charge in [0.05, 0.1) is 19.8 Å². The van der Waals surface area contributed by atoms with Crippen LogP contribution in [0.5, 0.6) is 0 Å². The quantitative estimate of drug-likeness (QED) is 0.0285. The van der Waals surface area contributed by atoms with Gasteiger partial charge in [-0.25, -0.2) is 4.79 Å². The number of nitrogens with one attached hydrogen (secondary N) is 1. The van der Waals surface area contributed by atoms with E-state index in [1.165, 1.54) is 51.4 Å². The van der Waals surface area contributed by atoms with E-state index in [0.29, 0.717) is 26.2 Å². The maximum absolute atomic E-state index is 12.6. The van der Waals surface area contributed by atoms with Crippen LogP contribution in [0.15, 0.2) is 48.6 Å². The molecule has 9 nitrogen and oxygen atoms in total. The number of carbonyl (C=O) groups is 3. The molecule has 1 atom stereocenters. The van der Waals surface area contributed by atoms with Gasteiger partial charge >= 0.3 is 18.0 Å². The van der Waals surface area contributed by atoms with Gasteiger partial charge in [0.1, 0.15) is 13.2 Å². The predicted molar refractivity (Wildman–Crippen MR) is 222 cm³/mol. The van der Waals surface area contributed by atoms with E-state index < -0.39 is 12.2 Å². The van der Waals surface area contributed by atoms with E-state index in [9.17, 15) is 14.4 Å². The van der Waals surface area contributed by atoms with E-state index in [-0.39, 0.29) is 38.1 Å². The molecule has 0 rings (SSSR count). The Labute approximate surface area is 330 Å². The molecule has 0 aromatic carbocycles. The van der Waals surface area contributed by atoms with Gasteiger partial charge in [0.15, 0.2) is 6.10 Å². The van der Waals surface area contributed by atoms with Gasteiger partial charge in [0.2, 0.25) is 0 Å². The van der Waals surface area contributed by atoms with Crippen molar-refractivity contribution in [3.05, 3.63) is 48.6 Å².